The van der Waals surface area contributed by atoms with Crippen molar-refractivity contribution in [1.29, 1.82) is 0 Å². The van der Waals surface area contributed by atoms with E-state index in [1.165, 1.54) is 16.5 Å². The molecule has 0 aliphatic heterocycles. The van der Waals surface area contributed by atoms with Gasteiger partial charge in [-0.3, -0.25) is 4.98 Å². The molecule has 0 radical (unpaired) electrons. The molecule has 1 heterocycles. The predicted octanol–water partition coefficient (Wildman–Crippen LogP) is 3.83. The summed E-state index contributed by atoms with van der Waals surface area (Å²) in [6.45, 7) is 3.78. The van der Waals surface area contributed by atoms with Crippen LogP contribution in [-0.4, -0.2) is 4.98 Å². The molecule has 20 heavy (non-hydrogen) atoms. The molecular weight excluding hydrogens is 244 g/mol. The highest BCUT2D eigenvalue weighted by molar-refractivity contribution is 5.78. The number of aromatic nitrogens is 1. The predicted molar refractivity (Wildman–Crippen MR) is 83.5 cm³/mol. The van der Waals surface area contributed by atoms with Crippen LogP contribution < -0.4 is 5.32 Å². The monoisotopic (exact) mass is 262 g/mol. The van der Waals surface area contributed by atoms with Crippen LogP contribution in [0.2, 0.25) is 0 Å². The van der Waals surface area contributed by atoms with E-state index in [0.29, 0.717) is 0 Å². The quantitative estimate of drug-likeness (QED) is 0.773. The van der Waals surface area contributed by atoms with Crippen molar-refractivity contribution in [3.63, 3.8) is 0 Å². The minimum absolute atomic E-state index is 0.790. The van der Waals surface area contributed by atoms with Crippen LogP contribution in [0.25, 0.3) is 10.9 Å². The third-order valence-electron chi connectivity index (χ3n) is 3.37. The van der Waals surface area contributed by atoms with Crippen molar-refractivity contribution in [3.8, 4) is 0 Å². The van der Waals surface area contributed by atoms with Gasteiger partial charge in [0.1, 0.15) is 0 Å². The van der Waals surface area contributed by atoms with Gasteiger partial charge in [-0.25, -0.2) is 0 Å². The summed E-state index contributed by atoms with van der Waals surface area (Å²) in [5, 5.41) is 4.64. The van der Waals surface area contributed by atoms with E-state index in [9.17, 15) is 0 Å². The fourth-order valence-corrected chi connectivity index (χ4v) is 2.36. The number of aryl methyl sites for hydroxylation is 1. The number of hydrogen-bond donors (Lipinski definition) is 1. The maximum atomic E-state index is 4.66. The summed E-state index contributed by atoms with van der Waals surface area (Å²) in [6.07, 6.45) is 0. The number of para-hydroxylation sites is 1. The highest BCUT2D eigenvalue weighted by Gasteiger charge is 1.98. The average Bonchev–Trinajstić information content (AvgIpc) is 2.47. The lowest BCUT2D eigenvalue weighted by Crippen LogP contribution is -2.13. The molecule has 2 nitrogen and oxygen atoms in total. The summed E-state index contributed by atoms with van der Waals surface area (Å²) in [5.74, 6) is 0. The Morgan fingerprint density at radius 1 is 0.900 bits per heavy atom. The number of rotatable bonds is 4. The number of nitrogens with one attached hydrogen (secondary N) is 1. The first-order chi connectivity index (χ1) is 9.81. The topological polar surface area (TPSA) is 24.9 Å². The van der Waals surface area contributed by atoms with Gasteiger partial charge in [-0.05, 0) is 24.6 Å². The zero-order chi connectivity index (χ0) is 13.8. The Bertz CT molecular complexity index is 719. The molecule has 0 atom stereocenters. The second kappa shape index (κ2) is 5.85. The van der Waals surface area contributed by atoms with Crippen LogP contribution in [0.4, 0.5) is 0 Å². The Kier molecular flexibility index (Phi) is 3.75. The molecule has 0 bridgehead atoms. The standard InChI is InChI=1S/C18H18N2/c1-14-5-4-6-15(11-14)12-19-13-17-10-9-16-7-2-3-8-18(16)20-17/h2-11,19H,12-13H2,1H3. The molecule has 1 aromatic heterocycles. The lowest BCUT2D eigenvalue weighted by atomic mass is 10.1. The fourth-order valence-electron chi connectivity index (χ4n) is 2.36. The molecule has 0 fully saturated rings. The SMILES string of the molecule is Cc1cccc(CNCc2ccc3ccccc3n2)c1. The molecule has 3 aromatic rings. The molecule has 0 amide bonds. The van der Waals surface area contributed by atoms with Crippen molar-refractivity contribution in [2.75, 3.05) is 0 Å². The summed E-state index contributed by atoms with van der Waals surface area (Å²) < 4.78 is 0. The van der Waals surface area contributed by atoms with E-state index in [4.69, 9.17) is 0 Å². The van der Waals surface area contributed by atoms with E-state index >= 15 is 0 Å². The van der Waals surface area contributed by atoms with Gasteiger partial charge in [0.2, 0.25) is 0 Å². The highest BCUT2D eigenvalue weighted by atomic mass is 14.9. The molecule has 2 heteroatoms. The molecule has 0 aliphatic carbocycles. The van der Waals surface area contributed by atoms with Crippen molar-refractivity contribution in [1.82, 2.24) is 10.3 Å². The maximum Gasteiger partial charge on any atom is 0.0705 e. The third kappa shape index (κ3) is 3.03. The Morgan fingerprint density at radius 2 is 1.80 bits per heavy atom. The Balaban J connectivity index is 1.65. The van der Waals surface area contributed by atoms with Gasteiger partial charge in [0.15, 0.2) is 0 Å². The molecular formula is C18H18N2. The molecule has 0 saturated carbocycles. The highest BCUT2D eigenvalue weighted by Crippen LogP contribution is 2.11. The number of fused-ring (bicyclic) bond motifs is 1. The summed E-state index contributed by atoms with van der Waals surface area (Å²) in [5.41, 5.74) is 4.75. The van der Waals surface area contributed by atoms with Gasteiger partial charge in [-0.1, -0.05) is 54.1 Å². The summed E-state index contributed by atoms with van der Waals surface area (Å²) >= 11 is 0. The minimum atomic E-state index is 0.790. The Morgan fingerprint density at radius 3 is 2.70 bits per heavy atom. The van der Waals surface area contributed by atoms with Crippen molar-refractivity contribution in [3.05, 3.63) is 77.5 Å². The van der Waals surface area contributed by atoms with E-state index in [0.717, 1.165) is 24.3 Å². The van der Waals surface area contributed by atoms with Gasteiger partial charge in [0.05, 0.1) is 11.2 Å². The molecule has 1 N–H and O–H groups in total. The van der Waals surface area contributed by atoms with Crippen LogP contribution in [0, 0.1) is 6.92 Å². The van der Waals surface area contributed by atoms with Gasteiger partial charge in [0.25, 0.3) is 0 Å². The first-order valence-corrected chi connectivity index (χ1v) is 6.92. The van der Waals surface area contributed by atoms with Crippen molar-refractivity contribution in [2.24, 2.45) is 0 Å². The smallest absolute Gasteiger partial charge is 0.0705 e. The van der Waals surface area contributed by atoms with E-state index in [1.54, 1.807) is 0 Å². The van der Waals surface area contributed by atoms with Gasteiger partial charge in [-0.2, -0.15) is 0 Å². The zero-order valence-electron chi connectivity index (χ0n) is 11.6. The van der Waals surface area contributed by atoms with Gasteiger partial charge >= 0.3 is 0 Å². The van der Waals surface area contributed by atoms with Gasteiger partial charge in [-0.15, -0.1) is 0 Å². The van der Waals surface area contributed by atoms with Crippen molar-refractivity contribution < 1.29 is 0 Å². The van der Waals surface area contributed by atoms with Crippen LogP contribution in [0.3, 0.4) is 0 Å². The van der Waals surface area contributed by atoms with Crippen LogP contribution in [0.5, 0.6) is 0 Å². The normalized spacial score (nSPS) is 10.8. The number of nitrogens with zero attached hydrogens (tertiary/aromatic N) is 1. The van der Waals surface area contributed by atoms with Crippen molar-refractivity contribution in [2.45, 2.75) is 20.0 Å². The molecule has 0 unspecified atom stereocenters. The second-order valence-corrected chi connectivity index (χ2v) is 5.09. The largest absolute Gasteiger partial charge is 0.307 e. The summed E-state index contributed by atoms with van der Waals surface area (Å²) in [6, 6.07) is 21.0. The number of benzene rings is 2. The summed E-state index contributed by atoms with van der Waals surface area (Å²) in [7, 11) is 0. The fraction of sp³-hybridized carbons (Fsp3) is 0.167. The molecule has 0 spiro atoms. The third-order valence-corrected chi connectivity index (χ3v) is 3.37. The van der Waals surface area contributed by atoms with E-state index in [1.807, 2.05) is 12.1 Å². The van der Waals surface area contributed by atoms with E-state index < -0.39 is 0 Å². The van der Waals surface area contributed by atoms with E-state index in [-0.39, 0.29) is 0 Å². The van der Waals surface area contributed by atoms with Crippen LogP contribution >= 0.6 is 0 Å². The number of pyridine rings is 1. The lowest BCUT2D eigenvalue weighted by molar-refractivity contribution is 0.681. The average molecular weight is 262 g/mol. The first-order valence-electron chi connectivity index (χ1n) is 6.92. The molecule has 2 aromatic carbocycles. The maximum absolute atomic E-state index is 4.66. The van der Waals surface area contributed by atoms with Gasteiger partial charge < -0.3 is 5.32 Å². The molecule has 0 aliphatic rings. The number of hydrogen-bond acceptors (Lipinski definition) is 2. The van der Waals surface area contributed by atoms with Crippen LogP contribution in [-0.2, 0) is 13.1 Å². The zero-order valence-corrected chi connectivity index (χ0v) is 11.6. The lowest BCUT2D eigenvalue weighted by Gasteiger charge is -2.06. The van der Waals surface area contributed by atoms with E-state index in [2.05, 4.69) is 65.8 Å². The van der Waals surface area contributed by atoms with Crippen LogP contribution in [0.1, 0.15) is 16.8 Å². The first kappa shape index (κ1) is 12.8. The Hall–Kier alpha value is -2.19. The minimum Gasteiger partial charge on any atom is -0.307 e. The van der Waals surface area contributed by atoms with Crippen LogP contribution in [0.15, 0.2) is 60.7 Å². The molecule has 3 rings (SSSR count). The molecule has 100 valence electrons. The Labute approximate surface area is 119 Å². The molecule has 0 saturated heterocycles. The van der Waals surface area contributed by atoms with Gasteiger partial charge in [0, 0.05) is 18.5 Å². The van der Waals surface area contributed by atoms with Crippen molar-refractivity contribution >= 4 is 10.9 Å². The second-order valence-electron chi connectivity index (χ2n) is 5.09. The summed E-state index contributed by atoms with van der Waals surface area (Å²) in [4.78, 5) is 4.66.